The van der Waals surface area contributed by atoms with Gasteiger partial charge < -0.3 is 19.7 Å². The van der Waals surface area contributed by atoms with Crippen molar-refractivity contribution in [1.29, 1.82) is 10.5 Å². The molecule has 0 aliphatic heterocycles. The first-order valence-corrected chi connectivity index (χ1v) is 6.61. The molecule has 0 heterocycles. The molecule has 2 N–H and O–H groups in total. The van der Waals surface area contributed by atoms with Crippen molar-refractivity contribution in [3.63, 3.8) is 0 Å². The van der Waals surface area contributed by atoms with E-state index in [9.17, 15) is 0 Å². The smallest absolute Gasteiger partial charge is 0.272 e. The summed E-state index contributed by atoms with van der Waals surface area (Å²) in [4.78, 5) is 6.22. The van der Waals surface area contributed by atoms with E-state index < -0.39 is 0 Å². The van der Waals surface area contributed by atoms with Crippen LogP contribution in [0.4, 0.5) is 0 Å². The maximum Gasteiger partial charge on any atom is 0.272 e. The first kappa shape index (κ1) is 18.5. The summed E-state index contributed by atoms with van der Waals surface area (Å²) in [5.74, 6) is 0.138. The number of hydrogen-bond acceptors (Lipinski definition) is 6. The second kappa shape index (κ2) is 9.46. The molecule has 0 amide bonds. The maximum atomic E-state index is 9.07. The first-order valence-electron chi connectivity index (χ1n) is 6.61. The molecular weight excluding hydrogens is 312 g/mol. The fourth-order valence-corrected chi connectivity index (χ4v) is 1.77. The molecule has 0 saturated carbocycles. The minimum atomic E-state index is -0.297. The minimum absolute atomic E-state index is 0.0688. The molecule has 1 aromatic carbocycles. The fraction of sp³-hybridized carbons (Fsp3) is 0.250. The van der Waals surface area contributed by atoms with Gasteiger partial charge in [0, 0.05) is 10.4 Å². The quantitative estimate of drug-likeness (QED) is 0.684. The van der Waals surface area contributed by atoms with E-state index in [0.29, 0.717) is 0 Å². The van der Waals surface area contributed by atoms with Crippen LogP contribution in [0.5, 0.6) is 11.5 Å². The Hall–Kier alpha value is -3.56. The molecule has 0 radical (unpaired) electrons. The molecule has 8 heteroatoms. The van der Waals surface area contributed by atoms with Gasteiger partial charge in [-0.15, -0.1) is 0 Å². The third-order valence-corrected chi connectivity index (χ3v) is 2.73. The van der Waals surface area contributed by atoms with Crippen molar-refractivity contribution in [2.45, 2.75) is 0 Å². The lowest BCUT2D eigenvalue weighted by atomic mass is 10.1. The summed E-state index contributed by atoms with van der Waals surface area (Å²) in [5, 5.41) is 36.2. The summed E-state index contributed by atoms with van der Waals surface area (Å²) < 4.78 is 10.6. The number of nitrogens with zero attached hydrogens (tertiary/aromatic N) is 4. The van der Waals surface area contributed by atoms with E-state index in [1.165, 1.54) is 12.1 Å². The fourth-order valence-electron chi connectivity index (χ4n) is 1.77. The zero-order valence-electron chi connectivity index (χ0n) is 12.5. The van der Waals surface area contributed by atoms with Crippen molar-refractivity contribution in [1.82, 2.24) is 0 Å². The average molecular weight is 324 g/mol. The number of benzene rings is 1. The Morgan fingerprint density at radius 1 is 0.917 bits per heavy atom. The SMILES string of the molecule is [C-]#[N+]C(C#N)=c1cc(OCCO)c(=C(C#N)[N+]#[C-])cc1OCCO. The number of rotatable bonds is 6. The molecule has 1 aromatic rings. The van der Waals surface area contributed by atoms with Crippen molar-refractivity contribution in [2.75, 3.05) is 26.4 Å². The Balaban J connectivity index is 3.89. The molecule has 0 bridgehead atoms. The Morgan fingerprint density at radius 2 is 1.29 bits per heavy atom. The first-order chi connectivity index (χ1) is 11.7. The van der Waals surface area contributed by atoms with Gasteiger partial charge in [0.2, 0.25) is 0 Å². The van der Waals surface area contributed by atoms with E-state index in [1.807, 2.05) is 0 Å². The lowest BCUT2D eigenvalue weighted by Gasteiger charge is -2.11. The van der Waals surface area contributed by atoms with Crippen LogP contribution in [-0.2, 0) is 0 Å². The van der Waals surface area contributed by atoms with Crippen LogP contribution in [0.2, 0.25) is 0 Å². The van der Waals surface area contributed by atoms with E-state index in [0.717, 1.165) is 0 Å². The summed E-state index contributed by atoms with van der Waals surface area (Å²) in [5.41, 5.74) is -0.547. The third kappa shape index (κ3) is 4.22. The lowest BCUT2D eigenvalue weighted by molar-refractivity contribution is 0.196. The van der Waals surface area contributed by atoms with Gasteiger partial charge in [0.25, 0.3) is 11.4 Å². The summed E-state index contributed by atoms with van der Waals surface area (Å²) in [7, 11) is 0. The largest absolute Gasteiger partial charge is 0.492 e. The number of hydrogen-bond donors (Lipinski definition) is 2. The van der Waals surface area contributed by atoms with Crippen molar-refractivity contribution in [3.8, 4) is 23.6 Å². The number of ether oxygens (including phenoxy) is 2. The number of aliphatic hydroxyl groups excluding tert-OH is 2. The Kier molecular flexibility index (Phi) is 7.28. The van der Waals surface area contributed by atoms with Gasteiger partial charge in [-0.05, 0) is 12.1 Å². The maximum absolute atomic E-state index is 9.07. The van der Waals surface area contributed by atoms with Gasteiger partial charge in [0.15, 0.2) is 0 Å². The molecule has 120 valence electrons. The molecule has 0 aliphatic carbocycles. The summed E-state index contributed by atoms with van der Waals surface area (Å²) >= 11 is 0. The van der Waals surface area contributed by atoms with Crippen molar-refractivity contribution < 1.29 is 19.7 Å². The van der Waals surface area contributed by atoms with E-state index in [-0.39, 0.29) is 59.8 Å². The molecule has 8 nitrogen and oxygen atoms in total. The number of nitriles is 2. The predicted molar refractivity (Wildman–Crippen MR) is 82.1 cm³/mol. The monoisotopic (exact) mass is 324 g/mol. The zero-order chi connectivity index (χ0) is 17.9. The summed E-state index contributed by atoms with van der Waals surface area (Å²) in [6.45, 7) is 13.3. The van der Waals surface area contributed by atoms with E-state index in [2.05, 4.69) is 9.69 Å². The van der Waals surface area contributed by atoms with Gasteiger partial charge in [-0.1, -0.05) is 0 Å². The van der Waals surface area contributed by atoms with Gasteiger partial charge in [-0.3, -0.25) is 0 Å². The predicted octanol–water partition coefficient (Wildman–Crippen LogP) is -0.469. The van der Waals surface area contributed by atoms with Crippen LogP contribution in [0.3, 0.4) is 0 Å². The van der Waals surface area contributed by atoms with Gasteiger partial charge in [0.05, 0.1) is 38.5 Å². The Bertz CT molecular complexity index is 787. The molecule has 24 heavy (non-hydrogen) atoms. The molecule has 0 aromatic heterocycles. The van der Waals surface area contributed by atoms with Crippen molar-refractivity contribution >= 4 is 11.4 Å². The summed E-state index contributed by atoms with van der Waals surface area (Å²) in [6.07, 6.45) is 0. The molecule has 1 rings (SSSR count). The second-order valence-electron chi connectivity index (χ2n) is 4.13. The molecule has 0 saturated heterocycles. The van der Waals surface area contributed by atoms with Crippen LogP contribution < -0.4 is 19.9 Å². The van der Waals surface area contributed by atoms with Crippen LogP contribution >= 0.6 is 0 Å². The average Bonchev–Trinajstić information content (AvgIpc) is 2.61. The minimum Gasteiger partial charge on any atom is -0.492 e. The van der Waals surface area contributed by atoms with E-state index in [4.69, 9.17) is 43.4 Å². The highest BCUT2D eigenvalue weighted by Gasteiger charge is 2.11. The second-order valence-corrected chi connectivity index (χ2v) is 4.13. The number of aliphatic hydroxyl groups is 2. The zero-order valence-corrected chi connectivity index (χ0v) is 12.5. The highest BCUT2D eigenvalue weighted by atomic mass is 16.5. The Morgan fingerprint density at radius 3 is 1.54 bits per heavy atom. The summed E-state index contributed by atoms with van der Waals surface area (Å²) in [6, 6.07) is 6.06. The molecule has 0 aliphatic rings. The highest BCUT2D eigenvalue weighted by Crippen LogP contribution is 2.12. The Labute approximate surface area is 138 Å². The molecule has 0 atom stereocenters. The van der Waals surface area contributed by atoms with Crippen molar-refractivity contribution in [3.05, 3.63) is 45.4 Å². The van der Waals surface area contributed by atoms with Crippen LogP contribution in [0.25, 0.3) is 21.1 Å². The van der Waals surface area contributed by atoms with Gasteiger partial charge in [-0.25, -0.2) is 20.2 Å². The normalized spacial score (nSPS) is 11.9. The molecule has 0 fully saturated rings. The van der Waals surface area contributed by atoms with E-state index >= 15 is 0 Å². The molecule has 0 spiro atoms. The van der Waals surface area contributed by atoms with Crippen LogP contribution in [-0.4, -0.2) is 36.6 Å². The molecule has 0 unspecified atom stereocenters. The standard InChI is InChI=1S/C16H12N4O4/c1-19-13(9-17)11-7-16(24-6-4-22)12(14(10-18)20-2)8-15(11)23-5-3-21/h7-8,21-22H,3-6H2. The van der Waals surface area contributed by atoms with Gasteiger partial charge in [-0.2, -0.15) is 0 Å². The third-order valence-electron chi connectivity index (χ3n) is 2.73. The topological polar surface area (TPSA) is 115 Å². The van der Waals surface area contributed by atoms with Crippen molar-refractivity contribution in [2.24, 2.45) is 0 Å². The van der Waals surface area contributed by atoms with Crippen LogP contribution in [0, 0.1) is 35.8 Å². The van der Waals surface area contributed by atoms with E-state index in [1.54, 1.807) is 12.1 Å². The lowest BCUT2D eigenvalue weighted by Crippen LogP contribution is -2.21. The van der Waals surface area contributed by atoms with Crippen LogP contribution in [0.15, 0.2) is 12.1 Å². The molecular formula is C16H12N4O4. The van der Waals surface area contributed by atoms with Crippen LogP contribution in [0.1, 0.15) is 0 Å². The highest BCUT2D eigenvalue weighted by molar-refractivity contribution is 5.71. The van der Waals surface area contributed by atoms with Gasteiger partial charge in [0.1, 0.15) is 24.7 Å². The van der Waals surface area contributed by atoms with Gasteiger partial charge >= 0.3 is 0 Å².